The summed E-state index contributed by atoms with van der Waals surface area (Å²) in [7, 11) is 1.43. The molecule has 27 heavy (non-hydrogen) atoms. The molecule has 0 amide bonds. The van der Waals surface area contributed by atoms with Gasteiger partial charge in [0.05, 0.1) is 19.3 Å². The van der Waals surface area contributed by atoms with Crippen molar-refractivity contribution >= 4 is 5.97 Å². The van der Waals surface area contributed by atoms with Crippen molar-refractivity contribution in [3.8, 4) is 11.5 Å². The summed E-state index contributed by atoms with van der Waals surface area (Å²) in [5.41, 5.74) is 0.384. The van der Waals surface area contributed by atoms with Gasteiger partial charge in [0.2, 0.25) is 0 Å². The van der Waals surface area contributed by atoms with E-state index in [0.29, 0.717) is 17.7 Å². The summed E-state index contributed by atoms with van der Waals surface area (Å²) < 4.78 is 16.1. The fraction of sp³-hybridized carbons (Fsp3) is 0.526. The first-order valence-corrected chi connectivity index (χ1v) is 8.80. The second-order valence-corrected chi connectivity index (χ2v) is 6.87. The Balaban J connectivity index is 1.97. The van der Waals surface area contributed by atoms with E-state index < -0.39 is 42.6 Å². The van der Waals surface area contributed by atoms with Crippen LogP contribution in [0.3, 0.4) is 0 Å². The molecule has 1 aromatic rings. The molecule has 0 aliphatic carbocycles. The molecule has 0 spiro atoms. The number of ether oxygens (including phenoxy) is 3. The van der Waals surface area contributed by atoms with Crippen LogP contribution in [0.25, 0.3) is 0 Å². The molecule has 1 fully saturated rings. The molecular formula is C19H24O8. The van der Waals surface area contributed by atoms with Gasteiger partial charge in [0.15, 0.2) is 0 Å². The van der Waals surface area contributed by atoms with Crippen LogP contribution in [-0.4, -0.2) is 64.0 Å². The molecule has 4 N–H and O–H groups in total. The van der Waals surface area contributed by atoms with Gasteiger partial charge >= 0.3 is 5.97 Å². The van der Waals surface area contributed by atoms with Crippen molar-refractivity contribution in [3.63, 3.8) is 0 Å². The van der Waals surface area contributed by atoms with Gasteiger partial charge in [-0.25, -0.2) is 4.79 Å². The SMILES string of the molecule is COc1cc(O)c2c(c1)[C@H]1O[C@@H]1CC(O)[C@H](O)C(O)/C=C/C[C@H](C)OC2=O. The molecule has 2 aliphatic rings. The van der Waals surface area contributed by atoms with Crippen LogP contribution in [0.1, 0.15) is 41.8 Å². The maximum Gasteiger partial charge on any atom is 0.342 e. The lowest BCUT2D eigenvalue weighted by atomic mass is 9.96. The minimum atomic E-state index is -1.37. The maximum atomic E-state index is 12.6. The van der Waals surface area contributed by atoms with E-state index in [4.69, 9.17) is 14.2 Å². The first-order valence-electron chi connectivity index (χ1n) is 8.80. The predicted octanol–water partition coefficient (Wildman–Crippen LogP) is 0.819. The van der Waals surface area contributed by atoms with E-state index in [2.05, 4.69) is 0 Å². The quantitative estimate of drug-likeness (QED) is 0.320. The molecule has 0 bridgehead atoms. The highest BCUT2D eigenvalue weighted by Gasteiger charge is 2.45. The highest BCUT2D eigenvalue weighted by atomic mass is 16.6. The zero-order valence-electron chi connectivity index (χ0n) is 15.1. The van der Waals surface area contributed by atoms with E-state index in [1.54, 1.807) is 19.1 Å². The molecule has 0 saturated carbocycles. The van der Waals surface area contributed by atoms with Gasteiger partial charge in [-0.05, 0) is 13.0 Å². The van der Waals surface area contributed by atoms with Crippen molar-refractivity contribution in [1.82, 2.24) is 0 Å². The Labute approximate surface area is 156 Å². The summed E-state index contributed by atoms with van der Waals surface area (Å²) in [6, 6.07) is 2.90. The minimum Gasteiger partial charge on any atom is -0.507 e. The first kappa shape index (κ1) is 19.6. The van der Waals surface area contributed by atoms with Gasteiger partial charge in [0.25, 0.3) is 0 Å². The molecule has 2 heterocycles. The highest BCUT2D eigenvalue weighted by Crippen LogP contribution is 2.46. The van der Waals surface area contributed by atoms with E-state index in [1.807, 2.05) is 0 Å². The number of epoxide rings is 1. The summed E-state index contributed by atoms with van der Waals surface area (Å²) >= 11 is 0. The lowest BCUT2D eigenvalue weighted by Gasteiger charge is -2.21. The number of carbonyl (C=O) groups excluding carboxylic acids is 1. The molecule has 8 nitrogen and oxygen atoms in total. The fourth-order valence-corrected chi connectivity index (χ4v) is 3.20. The zero-order valence-corrected chi connectivity index (χ0v) is 15.1. The third-order valence-corrected chi connectivity index (χ3v) is 4.78. The van der Waals surface area contributed by atoms with Gasteiger partial charge in [0, 0.05) is 24.5 Å². The molecule has 1 saturated heterocycles. The van der Waals surface area contributed by atoms with Crippen molar-refractivity contribution in [1.29, 1.82) is 0 Å². The number of fused-ring (bicyclic) bond motifs is 3. The van der Waals surface area contributed by atoms with Crippen molar-refractivity contribution in [2.45, 2.75) is 56.4 Å². The molecule has 148 valence electrons. The Morgan fingerprint density at radius 1 is 1.22 bits per heavy atom. The molecule has 0 radical (unpaired) electrons. The van der Waals surface area contributed by atoms with Crippen LogP contribution in [-0.2, 0) is 9.47 Å². The van der Waals surface area contributed by atoms with E-state index >= 15 is 0 Å². The monoisotopic (exact) mass is 380 g/mol. The number of benzene rings is 1. The topological polar surface area (TPSA) is 129 Å². The van der Waals surface area contributed by atoms with Gasteiger partial charge < -0.3 is 34.6 Å². The summed E-state index contributed by atoms with van der Waals surface area (Å²) in [4.78, 5) is 12.6. The molecule has 8 heteroatoms. The zero-order chi connectivity index (χ0) is 19.7. The summed E-state index contributed by atoms with van der Waals surface area (Å²) in [5, 5.41) is 40.5. The Bertz CT molecular complexity index is 731. The molecule has 2 unspecified atom stereocenters. The summed E-state index contributed by atoms with van der Waals surface area (Å²) in [5.74, 6) is -0.630. The largest absolute Gasteiger partial charge is 0.507 e. The molecular weight excluding hydrogens is 356 g/mol. The highest BCUT2D eigenvalue weighted by molar-refractivity contribution is 5.95. The van der Waals surface area contributed by atoms with Crippen LogP contribution in [0.15, 0.2) is 24.3 Å². The number of aliphatic hydroxyl groups excluding tert-OH is 3. The molecule has 3 rings (SSSR count). The molecule has 6 atom stereocenters. The number of phenolic OH excluding ortho intramolecular Hbond substituents is 1. The first-order chi connectivity index (χ1) is 12.8. The van der Waals surface area contributed by atoms with Crippen molar-refractivity contribution < 1.29 is 39.4 Å². The number of carbonyl (C=O) groups is 1. The van der Waals surface area contributed by atoms with Crippen molar-refractivity contribution in [2.24, 2.45) is 0 Å². The Morgan fingerprint density at radius 2 is 1.96 bits per heavy atom. The lowest BCUT2D eigenvalue weighted by molar-refractivity contribution is -0.0464. The van der Waals surface area contributed by atoms with Crippen LogP contribution in [0.2, 0.25) is 0 Å². The Hall–Kier alpha value is -2.13. The average Bonchev–Trinajstić information content (AvgIpc) is 3.38. The average molecular weight is 380 g/mol. The fourth-order valence-electron chi connectivity index (χ4n) is 3.20. The minimum absolute atomic E-state index is 0.00809. The number of aliphatic hydroxyl groups is 3. The van der Waals surface area contributed by atoms with E-state index in [0.717, 1.165) is 0 Å². The number of aromatic hydroxyl groups is 1. The van der Waals surface area contributed by atoms with Gasteiger partial charge in [-0.1, -0.05) is 12.2 Å². The number of cyclic esters (lactones) is 1. The van der Waals surface area contributed by atoms with E-state index in [9.17, 15) is 25.2 Å². The van der Waals surface area contributed by atoms with Crippen molar-refractivity contribution in [3.05, 3.63) is 35.4 Å². The number of esters is 1. The van der Waals surface area contributed by atoms with Gasteiger partial charge in [-0.3, -0.25) is 0 Å². The molecule has 2 aliphatic heterocycles. The smallest absolute Gasteiger partial charge is 0.342 e. The number of rotatable bonds is 1. The Kier molecular flexibility index (Phi) is 5.71. The normalized spacial score (nSPS) is 35.2. The van der Waals surface area contributed by atoms with Crippen LogP contribution >= 0.6 is 0 Å². The third kappa shape index (κ3) is 4.24. The van der Waals surface area contributed by atoms with E-state index in [-0.39, 0.29) is 17.7 Å². The van der Waals surface area contributed by atoms with Gasteiger partial charge in [-0.15, -0.1) is 0 Å². The number of hydrogen-bond donors (Lipinski definition) is 4. The Morgan fingerprint density at radius 3 is 2.67 bits per heavy atom. The number of methoxy groups -OCH3 is 1. The number of hydrogen-bond acceptors (Lipinski definition) is 8. The van der Waals surface area contributed by atoms with Crippen LogP contribution in [0.5, 0.6) is 11.5 Å². The summed E-state index contributed by atoms with van der Waals surface area (Å²) in [6.07, 6.45) is -2.15. The molecule has 0 aromatic heterocycles. The maximum absolute atomic E-state index is 12.6. The van der Waals surface area contributed by atoms with Gasteiger partial charge in [0.1, 0.15) is 41.5 Å². The van der Waals surface area contributed by atoms with E-state index in [1.165, 1.54) is 19.3 Å². The summed E-state index contributed by atoms with van der Waals surface area (Å²) in [6.45, 7) is 1.67. The standard InChI is InChI=1S/C19H24O8/c1-9-4-3-5-12(20)17(23)14(22)8-15-18(27-15)11-6-10(25-2)7-13(21)16(11)19(24)26-9/h3,5-7,9,12,14-15,17-18,20-23H,4,8H2,1-2H3/b5-3+/t9-,12?,14?,15+,17+,18+/m0/s1. The second kappa shape index (κ2) is 7.85. The van der Waals surface area contributed by atoms with Crippen LogP contribution in [0, 0.1) is 0 Å². The number of phenols is 1. The van der Waals surface area contributed by atoms with Crippen LogP contribution in [0.4, 0.5) is 0 Å². The predicted molar refractivity (Wildman–Crippen MR) is 93.5 cm³/mol. The van der Waals surface area contributed by atoms with Gasteiger partial charge in [-0.2, -0.15) is 0 Å². The second-order valence-electron chi connectivity index (χ2n) is 6.87. The third-order valence-electron chi connectivity index (χ3n) is 4.78. The van der Waals surface area contributed by atoms with Crippen LogP contribution < -0.4 is 4.74 Å². The lowest BCUT2D eigenvalue weighted by Crippen LogP contribution is -2.37. The molecule has 1 aromatic carbocycles. The van der Waals surface area contributed by atoms with Crippen molar-refractivity contribution in [2.75, 3.05) is 7.11 Å².